The van der Waals surface area contributed by atoms with E-state index >= 15 is 0 Å². The van der Waals surface area contributed by atoms with Crippen molar-refractivity contribution in [2.45, 2.75) is 38.5 Å². The van der Waals surface area contributed by atoms with Crippen LogP contribution < -0.4 is 9.64 Å². The molecule has 3 aromatic rings. The number of hydrogen-bond acceptors (Lipinski definition) is 5. The summed E-state index contributed by atoms with van der Waals surface area (Å²) in [5.74, 6) is 1.62. The van der Waals surface area contributed by atoms with Crippen LogP contribution in [0.15, 0.2) is 46.9 Å². The summed E-state index contributed by atoms with van der Waals surface area (Å²) < 4.78 is 11.9. The number of carbonyl (C=O) groups is 1. The molecule has 1 N–H and O–H groups in total. The summed E-state index contributed by atoms with van der Waals surface area (Å²) in [6.07, 6.45) is 2.64. The summed E-state index contributed by atoms with van der Waals surface area (Å²) in [5.41, 5.74) is 5.29. The minimum Gasteiger partial charge on any atom is -0.493 e. The molecule has 1 heterocycles. The number of rotatable bonds is 8. The molecule has 162 valence electrons. The Kier molecular flexibility index (Phi) is 5.98. The number of carboxylic acids is 1. The Bertz CT molecular complexity index is 1090. The van der Waals surface area contributed by atoms with Gasteiger partial charge in [-0.25, -0.2) is 4.98 Å². The highest BCUT2D eigenvalue weighted by molar-refractivity contribution is 5.68. The molecule has 0 fully saturated rings. The Morgan fingerprint density at radius 1 is 1.26 bits per heavy atom. The fourth-order valence-corrected chi connectivity index (χ4v) is 4.16. The van der Waals surface area contributed by atoms with Gasteiger partial charge in [0.05, 0.1) is 18.7 Å². The van der Waals surface area contributed by atoms with E-state index in [1.165, 1.54) is 5.56 Å². The summed E-state index contributed by atoms with van der Waals surface area (Å²) in [5, 5.41) is 9.07. The number of fused-ring (bicyclic) bond motifs is 1. The number of ether oxygens (including phenoxy) is 1. The van der Waals surface area contributed by atoms with Crippen molar-refractivity contribution in [3.05, 3.63) is 65.0 Å². The predicted molar refractivity (Wildman–Crippen MR) is 120 cm³/mol. The SMILES string of the molecule is Cc1oc(-c2cccc(N(C)C)c2)nc1CCOc1ccc2c(c1)CC[C@H]2CC(=O)O. The van der Waals surface area contributed by atoms with Crippen LogP contribution >= 0.6 is 0 Å². The van der Waals surface area contributed by atoms with Crippen molar-refractivity contribution in [2.75, 3.05) is 25.6 Å². The lowest BCUT2D eigenvalue weighted by Gasteiger charge is -2.12. The highest BCUT2D eigenvalue weighted by Gasteiger charge is 2.25. The predicted octanol–water partition coefficient (Wildman–Crippen LogP) is 4.84. The van der Waals surface area contributed by atoms with Gasteiger partial charge in [-0.2, -0.15) is 0 Å². The number of carboxylic acid groups (broad SMARTS) is 1. The van der Waals surface area contributed by atoms with Gasteiger partial charge in [-0.3, -0.25) is 4.79 Å². The minimum atomic E-state index is -0.742. The number of benzene rings is 2. The third-order valence-electron chi connectivity index (χ3n) is 5.85. The van der Waals surface area contributed by atoms with Crippen molar-refractivity contribution in [3.8, 4) is 17.2 Å². The lowest BCUT2D eigenvalue weighted by molar-refractivity contribution is -0.137. The highest BCUT2D eigenvalue weighted by atomic mass is 16.5. The van der Waals surface area contributed by atoms with Gasteiger partial charge in [0.2, 0.25) is 5.89 Å². The molecule has 1 atom stereocenters. The van der Waals surface area contributed by atoms with E-state index in [4.69, 9.17) is 14.3 Å². The van der Waals surface area contributed by atoms with Crippen molar-refractivity contribution in [1.29, 1.82) is 0 Å². The van der Waals surface area contributed by atoms with Crippen LogP contribution in [0.3, 0.4) is 0 Å². The smallest absolute Gasteiger partial charge is 0.303 e. The van der Waals surface area contributed by atoms with Crippen LogP contribution in [-0.4, -0.2) is 36.8 Å². The third kappa shape index (κ3) is 4.74. The van der Waals surface area contributed by atoms with Gasteiger partial charge in [0.15, 0.2) is 0 Å². The van der Waals surface area contributed by atoms with E-state index < -0.39 is 5.97 Å². The van der Waals surface area contributed by atoms with Gasteiger partial charge in [0.25, 0.3) is 0 Å². The normalized spacial score (nSPS) is 15.0. The summed E-state index contributed by atoms with van der Waals surface area (Å²) in [7, 11) is 4.02. The molecule has 0 saturated carbocycles. The highest BCUT2D eigenvalue weighted by Crippen LogP contribution is 2.37. The molecule has 4 rings (SSSR count). The quantitative estimate of drug-likeness (QED) is 0.562. The Hall–Kier alpha value is -3.28. The van der Waals surface area contributed by atoms with Crippen LogP contribution in [0, 0.1) is 6.92 Å². The molecule has 2 aromatic carbocycles. The monoisotopic (exact) mass is 420 g/mol. The molecule has 0 saturated heterocycles. The molecule has 6 nitrogen and oxygen atoms in total. The van der Waals surface area contributed by atoms with Crippen LogP contribution in [0.5, 0.6) is 5.75 Å². The first-order chi connectivity index (χ1) is 14.9. The Morgan fingerprint density at radius 3 is 2.87 bits per heavy atom. The molecule has 1 aromatic heterocycles. The lowest BCUT2D eigenvalue weighted by atomic mass is 9.98. The zero-order chi connectivity index (χ0) is 22.0. The maximum Gasteiger partial charge on any atom is 0.303 e. The molecule has 1 aliphatic carbocycles. The third-order valence-corrected chi connectivity index (χ3v) is 5.85. The number of nitrogens with zero attached hydrogens (tertiary/aromatic N) is 2. The zero-order valence-electron chi connectivity index (χ0n) is 18.2. The van der Waals surface area contributed by atoms with E-state index in [1.807, 2.05) is 51.4 Å². The molecule has 0 bridgehead atoms. The fraction of sp³-hybridized carbons (Fsp3) is 0.360. The van der Waals surface area contributed by atoms with Crippen molar-refractivity contribution in [3.63, 3.8) is 0 Å². The maximum atomic E-state index is 11.0. The topological polar surface area (TPSA) is 75.8 Å². The van der Waals surface area contributed by atoms with E-state index in [2.05, 4.69) is 22.0 Å². The van der Waals surface area contributed by atoms with Crippen molar-refractivity contribution < 1.29 is 19.1 Å². The van der Waals surface area contributed by atoms with Crippen LogP contribution in [0.25, 0.3) is 11.5 Å². The van der Waals surface area contributed by atoms with Crippen LogP contribution in [-0.2, 0) is 17.6 Å². The van der Waals surface area contributed by atoms with Gasteiger partial charge in [-0.15, -0.1) is 0 Å². The van der Waals surface area contributed by atoms with Crippen LogP contribution in [0.1, 0.15) is 41.3 Å². The largest absolute Gasteiger partial charge is 0.493 e. The van der Waals surface area contributed by atoms with Crippen LogP contribution in [0.4, 0.5) is 5.69 Å². The minimum absolute atomic E-state index is 0.115. The average molecular weight is 421 g/mol. The van der Waals surface area contributed by atoms with Gasteiger partial charge in [0.1, 0.15) is 11.5 Å². The molecule has 0 spiro atoms. The first-order valence-electron chi connectivity index (χ1n) is 10.6. The number of aryl methyl sites for hydroxylation is 2. The van der Waals surface area contributed by atoms with E-state index in [9.17, 15) is 4.79 Å². The second-order valence-corrected chi connectivity index (χ2v) is 8.26. The molecule has 31 heavy (non-hydrogen) atoms. The van der Waals surface area contributed by atoms with Crippen molar-refractivity contribution in [1.82, 2.24) is 4.98 Å². The Morgan fingerprint density at radius 2 is 2.10 bits per heavy atom. The lowest BCUT2D eigenvalue weighted by Crippen LogP contribution is -2.08. The second-order valence-electron chi connectivity index (χ2n) is 8.26. The summed E-state index contributed by atoms with van der Waals surface area (Å²) in [6.45, 7) is 2.43. The second kappa shape index (κ2) is 8.84. The van der Waals surface area contributed by atoms with Gasteiger partial charge < -0.3 is 19.2 Å². The summed E-state index contributed by atoms with van der Waals surface area (Å²) in [6, 6.07) is 14.1. The first-order valence-corrected chi connectivity index (χ1v) is 10.6. The molecule has 0 aliphatic heterocycles. The molecular formula is C25H28N2O4. The molecular weight excluding hydrogens is 392 g/mol. The number of aromatic nitrogens is 1. The summed E-state index contributed by atoms with van der Waals surface area (Å²) in [4.78, 5) is 17.8. The average Bonchev–Trinajstić information content (AvgIpc) is 3.31. The van der Waals surface area contributed by atoms with Gasteiger partial charge in [-0.1, -0.05) is 12.1 Å². The maximum absolute atomic E-state index is 11.0. The molecule has 0 amide bonds. The Labute approximate surface area is 182 Å². The number of oxazole rings is 1. The number of hydrogen-bond donors (Lipinski definition) is 1. The number of anilines is 1. The molecule has 1 aliphatic rings. The Balaban J connectivity index is 1.39. The molecule has 0 radical (unpaired) electrons. The van der Waals surface area contributed by atoms with Crippen molar-refractivity contribution in [2.24, 2.45) is 0 Å². The molecule has 0 unspecified atom stereocenters. The fourth-order valence-electron chi connectivity index (χ4n) is 4.16. The van der Waals surface area contributed by atoms with Crippen LogP contribution in [0.2, 0.25) is 0 Å². The van der Waals surface area contributed by atoms with Crippen molar-refractivity contribution >= 4 is 11.7 Å². The van der Waals surface area contributed by atoms with Gasteiger partial charge in [0, 0.05) is 31.8 Å². The summed E-state index contributed by atoms with van der Waals surface area (Å²) >= 11 is 0. The van der Waals surface area contributed by atoms with E-state index in [1.54, 1.807) is 0 Å². The first kappa shape index (κ1) is 21.0. The van der Waals surface area contributed by atoms with E-state index in [0.29, 0.717) is 18.9 Å². The number of aliphatic carboxylic acids is 1. The van der Waals surface area contributed by atoms with E-state index in [-0.39, 0.29) is 12.3 Å². The van der Waals surface area contributed by atoms with E-state index in [0.717, 1.165) is 46.9 Å². The standard InChI is InChI=1S/C25H28N2O4/c1-16-23(26-25(31-16)19-5-4-6-20(13-19)27(2)3)11-12-30-21-9-10-22-17(14-21)7-8-18(22)15-24(28)29/h4-6,9-10,13-14,18H,7-8,11-12,15H2,1-3H3,(H,28,29)/t18-/m0/s1. The molecule has 6 heteroatoms. The van der Waals surface area contributed by atoms with Gasteiger partial charge >= 0.3 is 5.97 Å². The zero-order valence-corrected chi connectivity index (χ0v) is 18.2. The van der Waals surface area contributed by atoms with Gasteiger partial charge in [-0.05, 0) is 67.1 Å².